The zero-order valence-electron chi connectivity index (χ0n) is 24.5. The summed E-state index contributed by atoms with van der Waals surface area (Å²) in [6, 6.07) is 18.0. The first-order valence-corrected chi connectivity index (χ1v) is 14.8. The zero-order valence-corrected chi connectivity index (χ0v) is 25.3. The van der Waals surface area contributed by atoms with Gasteiger partial charge in [-0.05, 0) is 49.7 Å². The topological polar surface area (TPSA) is 100 Å². The number of aryl methyl sites for hydroxylation is 1. The lowest BCUT2D eigenvalue weighted by Crippen LogP contribution is -2.47. The number of aliphatic hydroxyl groups excluding tert-OH is 1. The van der Waals surface area contributed by atoms with Gasteiger partial charge in [-0.1, -0.05) is 48.0 Å². The Hall–Kier alpha value is -4.67. The molecule has 8 nitrogen and oxygen atoms in total. The number of hydrogen-bond acceptors (Lipinski definition) is 6. The molecule has 0 aliphatic carbocycles. The molecule has 3 atom stereocenters. The number of hydrogen-bond donors (Lipinski definition) is 2. The minimum absolute atomic E-state index is 0.00692. The molecule has 11 heteroatoms. The van der Waals surface area contributed by atoms with E-state index >= 15 is 4.39 Å². The highest BCUT2D eigenvalue weighted by Gasteiger charge is 2.40. The Kier molecular flexibility index (Phi) is 8.35. The summed E-state index contributed by atoms with van der Waals surface area (Å²) in [5.41, 5.74) is 4.24. The molecule has 6 rings (SSSR count). The van der Waals surface area contributed by atoms with Crippen LogP contribution < -0.4 is 5.32 Å². The molecule has 0 radical (unpaired) electrons. The molecule has 0 bridgehead atoms. The lowest BCUT2D eigenvalue weighted by molar-refractivity contribution is -0.134. The lowest BCUT2D eigenvalue weighted by atomic mass is 10.0. The van der Waals surface area contributed by atoms with Gasteiger partial charge in [0.25, 0.3) is 0 Å². The second-order valence-corrected chi connectivity index (χ2v) is 11.6. The third kappa shape index (κ3) is 6.03. The molecule has 3 heterocycles. The van der Waals surface area contributed by atoms with E-state index in [4.69, 9.17) is 11.6 Å². The lowest BCUT2D eigenvalue weighted by Gasteiger charge is -2.29. The van der Waals surface area contributed by atoms with E-state index in [1.807, 2.05) is 31.2 Å². The maximum Gasteiger partial charge on any atom is 0.243 e. The van der Waals surface area contributed by atoms with Crippen LogP contribution in [0.5, 0.6) is 0 Å². The van der Waals surface area contributed by atoms with E-state index in [-0.39, 0.29) is 36.5 Å². The second-order valence-electron chi connectivity index (χ2n) is 11.2. The summed E-state index contributed by atoms with van der Waals surface area (Å²) in [7, 11) is 0. The Labute approximate surface area is 263 Å². The third-order valence-electron chi connectivity index (χ3n) is 8.12. The maximum atomic E-state index is 15.6. The number of alkyl halides is 1. The summed E-state index contributed by atoms with van der Waals surface area (Å²) >= 11 is 6.28. The van der Waals surface area contributed by atoms with Crippen molar-refractivity contribution < 1.29 is 23.5 Å². The van der Waals surface area contributed by atoms with Gasteiger partial charge < -0.3 is 19.9 Å². The first-order chi connectivity index (χ1) is 21.6. The SMILES string of the molecule is CC(=O)c1cn(CC(=O)N2C[C@H](F)C[C@H]2C(O)Nc2cccc(-c3ccccc3Cl)c2F)c2ccc(-c3cnnc(C)c3)cc12. The summed E-state index contributed by atoms with van der Waals surface area (Å²) in [6.45, 7) is 2.89. The van der Waals surface area contributed by atoms with Crippen molar-refractivity contribution in [3.63, 3.8) is 0 Å². The number of aliphatic hydroxyl groups is 1. The fraction of sp³-hybridized carbons (Fsp3) is 0.235. The average molecular weight is 630 g/mol. The predicted octanol–water partition coefficient (Wildman–Crippen LogP) is 6.44. The Morgan fingerprint density at radius 1 is 1.09 bits per heavy atom. The number of fused-ring (bicyclic) bond motifs is 1. The van der Waals surface area contributed by atoms with Gasteiger partial charge in [0.05, 0.1) is 30.2 Å². The van der Waals surface area contributed by atoms with E-state index in [2.05, 4.69) is 15.5 Å². The average Bonchev–Trinajstić information content (AvgIpc) is 3.59. The van der Waals surface area contributed by atoms with Gasteiger partial charge in [-0.2, -0.15) is 10.2 Å². The maximum absolute atomic E-state index is 15.6. The molecule has 1 unspecified atom stereocenters. The van der Waals surface area contributed by atoms with Crippen molar-refractivity contribution in [1.82, 2.24) is 19.7 Å². The number of benzene rings is 3. The minimum atomic E-state index is -1.46. The van der Waals surface area contributed by atoms with Crippen LogP contribution in [-0.2, 0) is 11.3 Å². The van der Waals surface area contributed by atoms with Crippen LogP contribution in [0.4, 0.5) is 14.5 Å². The number of amides is 1. The van der Waals surface area contributed by atoms with Gasteiger partial charge in [0, 0.05) is 50.8 Å². The first kappa shape index (κ1) is 30.4. The number of Topliss-reactive ketones (excluding diaryl/α,β-unsaturated/α-hetero) is 1. The van der Waals surface area contributed by atoms with E-state index in [9.17, 15) is 19.1 Å². The fourth-order valence-electron chi connectivity index (χ4n) is 5.94. The molecule has 230 valence electrons. The fourth-order valence-corrected chi connectivity index (χ4v) is 6.18. The molecule has 45 heavy (non-hydrogen) atoms. The van der Waals surface area contributed by atoms with Crippen LogP contribution >= 0.6 is 11.6 Å². The van der Waals surface area contributed by atoms with Crippen LogP contribution in [0.1, 0.15) is 29.4 Å². The standard InChI is InChI=1S/C34H30ClF2N5O3/c1-19-12-22(15-38-40-19)21-10-11-30-26(13-21)27(20(2)43)17-41(30)18-32(44)42-16-23(36)14-31(42)34(45)39-29-9-5-7-25(33(29)37)24-6-3-4-8-28(24)35/h3-13,15,17,23,31,34,39,45H,14,16,18H2,1-2H3/t23-,31+,34?/m1/s1. The number of nitrogens with one attached hydrogen (secondary N) is 1. The Bertz CT molecular complexity index is 1930. The molecule has 1 fully saturated rings. The smallest absolute Gasteiger partial charge is 0.243 e. The van der Waals surface area contributed by atoms with Crippen molar-refractivity contribution in [3.05, 3.63) is 101 Å². The molecule has 0 saturated carbocycles. The zero-order chi connectivity index (χ0) is 31.8. The van der Waals surface area contributed by atoms with Crippen LogP contribution in [0.3, 0.4) is 0 Å². The normalized spacial score (nSPS) is 17.1. The number of halogens is 3. The van der Waals surface area contributed by atoms with Crippen molar-refractivity contribution >= 4 is 39.9 Å². The summed E-state index contributed by atoms with van der Waals surface area (Å²) < 4.78 is 32.0. The number of aromatic nitrogens is 3. The van der Waals surface area contributed by atoms with Gasteiger partial charge in [0.1, 0.15) is 18.9 Å². The molecular weight excluding hydrogens is 600 g/mol. The Morgan fingerprint density at radius 3 is 2.62 bits per heavy atom. The minimum Gasteiger partial charge on any atom is -0.372 e. The molecular formula is C34H30ClF2N5O3. The summed E-state index contributed by atoms with van der Waals surface area (Å²) in [5, 5.41) is 22.9. The predicted molar refractivity (Wildman–Crippen MR) is 169 cm³/mol. The van der Waals surface area contributed by atoms with Crippen molar-refractivity contribution in [1.29, 1.82) is 0 Å². The Morgan fingerprint density at radius 2 is 1.87 bits per heavy atom. The monoisotopic (exact) mass is 629 g/mol. The molecule has 0 spiro atoms. The van der Waals surface area contributed by atoms with Crippen LogP contribution in [-0.4, -0.2) is 61.4 Å². The highest BCUT2D eigenvalue weighted by atomic mass is 35.5. The molecule has 1 aliphatic heterocycles. The van der Waals surface area contributed by atoms with Crippen molar-refractivity contribution in [3.8, 4) is 22.3 Å². The third-order valence-corrected chi connectivity index (χ3v) is 8.45. The van der Waals surface area contributed by atoms with Gasteiger partial charge >= 0.3 is 0 Å². The summed E-state index contributed by atoms with van der Waals surface area (Å²) in [6.07, 6.45) is 0.303. The van der Waals surface area contributed by atoms with Gasteiger partial charge in [-0.15, -0.1) is 0 Å². The van der Waals surface area contributed by atoms with E-state index in [0.717, 1.165) is 16.8 Å². The highest BCUT2D eigenvalue weighted by Crippen LogP contribution is 2.34. The summed E-state index contributed by atoms with van der Waals surface area (Å²) in [5.74, 6) is -1.25. The van der Waals surface area contributed by atoms with Crippen molar-refractivity contribution in [2.45, 2.75) is 45.3 Å². The van der Waals surface area contributed by atoms with Gasteiger partial charge in [-0.25, -0.2) is 8.78 Å². The number of carbonyl (C=O) groups excluding carboxylic acids is 2. The van der Waals surface area contributed by atoms with E-state index in [0.29, 0.717) is 27.1 Å². The van der Waals surface area contributed by atoms with Crippen LogP contribution in [0.2, 0.25) is 5.02 Å². The van der Waals surface area contributed by atoms with E-state index in [1.165, 1.54) is 17.9 Å². The van der Waals surface area contributed by atoms with Crippen LogP contribution in [0.25, 0.3) is 33.2 Å². The van der Waals surface area contributed by atoms with E-state index in [1.54, 1.807) is 53.4 Å². The Balaban J connectivity index is 1.25. The number of nitrogens with zero attached hydrogens (tertiary/aromatic N) is 4. The first-order valence-electron chi connectivity index (χ1n) is 14.5. The van der Waals surface area contributed by atoms with Crippen LogP contribution in [0, 0.1) is 12.7 Å². The van der Waals surface area contributed by atoms with Gasteiger partial charge in [0.15, 0.2) is 11.6 Å². The molecule has 2 N–H and O–H groups in total. The molecule has 5 aromatic rings. The largest absolute Gasteiger partial charge is 0.372 e. The molecule has 3 aromatic carbocycles. The number of carbonyl (C=O) groups is 2. The molecule has 2 aromatic heterocycles. The van der Waals surface area contributed by atoms with Crippen molar-refractivity contribution in [2.75, 3.05) is 11.9 Å². The van der Waals surface area contributed by atoms with Crippen LogP contribution in [0.15, 0.2) is 79.1 Å². The molecule has 1 aliphatic rings. The number of ketones is 1. The number of rotatable bonds is 8. The second kappa shape index (κ2) is 12.4. The van der Waals surface area contributed by atoms with Crippen molar-refractivity contribution in [2.24, 2.45) is 0 Å². The highest BCUT2D eigenvalue weighted by molar-refractivity contribution is 6.33. The molecule has 1 amide bonds. The van der Waals surface area contributed by atoms with E-state index < -0.39 is 30.2 Å². The van der Waals surface area contributed by atoms with Gasteiger partial charge in [-0.3, -0.25) is 9.59 Å². The quantitative estimate of drug-likeness (QED) is 0.151. The number of likely N-dealkylation sites (tertiary alicyclic amines) is 1. The van der Waals surface area contributed by atoms with Gasteiger partial charge in [0.2, 0.25) is 5.91 Å². The molecule has 1 saturated heterocycles. The summed E-state index contributed by atoms with van der Waals surface area (Å²) in [4.78, 5) is 27.5. The number of anilines is 1.